The van der Waals surface area contributed by atoms with Gasteiger partial charge in [0.25, 0.3) is 5.91 Å². The van der Waals surface area contributed by atoms with Gasteiger partial charge in [-0.3, -0.25) is 4.79 Å². The van der Waals surface area contributed by atoms with Gasteiger partial charge in [0.05, 0.1) is 5.56 Å². The Balaban J connectivity index is 1.12. The number of hydrogen-bond donors (Lipinski definition) is 3. The molecule has 1 saturated carbocycles. The summed E-state index contributed by atoms with van der Waals surface area (Å²) in [5, 5.41) is 24.0. The summed E-state index contributed by atoms with van der Waals surface area (Å²) in [6, 6.07) is 10.4. The SMILES string of the molecule is O=C(NC1CC1)c1ccc(O)cc1OC[C@H](O)CN1CCC2(CC1)Cc1cc(Cl)ccc1O2. The number of fused-ring (bicyclic) bond motifs is 1. The van der Waals surface area contributed by atoms with Crippen molar-refractivity contribution >= 4 is 17.5 Å². The summed E-state index contributed by atoms with van der Waals surface area (Å²) in [4.78, 5) is 14.7. The number of rotatable bonds is 7. The highest BCUT2D eigenvalue weighted by molar-refractivity contribution is 6.30. The lowest BCUT2D eigenvalue weighted by Gasteiger charge is -2.39. The zero-order valence-electron chi connectivity index (χ0n) is 18.4. The van der Waals surface area contributed by atoms with E-state index < -0.39 is 6.10 Å². The molecule has 33 heavy (non-hydrogen) atoms. The van der Waals surface area contributed by atoms with Gasteiger partial charge in [0.15, 0.2) is 0 Å². The molecule has 8 heteroatoms. The zero-order chi connectivity index (χ0) is 23.0. The first-order chi connectivity index (χ1) is 15.9. The number of aromatic hydroxyl groups is 1. The van der Waals surface area contributed by atoms with E-state index in [1.165, 1.54) is 12.1 Å². The van der Waals surface area contributed by atoms with Crippen molar-refractivity contribution in [2.45, 2.75) is 49.9 Å². The van der Waals surface area contributed by atoms with Gasteiger partial charge in [-0.2, -0.15) is 0 Å². The molecule has 1 saturated heterocycles. The van der Waals surface area contributed by atoms with E-state index in [4.69, 9.17) is 21.1 Å². The second-order valence-electron chi connectivity index (χ2n) is 9.41. The summed E-state index contributed by atoms with van der Waals surface area (Å²) in [5.74, 6) is 0.999. The van der Waals surface area contributed by atoms with E-state index in [1.807, 2.05) is 18.2 Å². The van der Waals surface area contributed by atoms with Crippen molar-refractivity contribution in [3.63, 3.8) is 0 Å². The van der Waals surface area contributed by atoms with Crippen molar-refractivity contribution < 1.29 is 24.5 Å². The van der Waals surface area contributed by atoms with Crippen molar-refractivity contribution in [2.75, 3.05) is 26.2 Å². The molecule has 2 fully saturated rings. The number of piperidine rings is 1. The zero-order valence-corrected chi connectivity index (χ0v) is 19.2. The molecule has 3 N–H and O–H groups in total. The first kappa shape index (κ1) is 22.3. The quantitative estimate of drug-likeness (QED) is 0.573. The van der Waals surface area contributed by atoms with Gasteiger partial charge in [0.1, 0.15) is 35.6 Å². The first-order valence-corrected chi connectivity index (χ1v) is 11.9. The molecule has 2 aromatic rings. The van der Waals surface area contributed by atoms with Gasteiger partial charge < -0.3 is 29.9 Å². The van der Waals surface area contributed by atoms with Crippen molar-refractivity contribution in [1.29, 1.82) is 0 Å². The summed E-state index contributed by atoms with van der Waals surface area (Å²) in [6.07, 6.45) is 3.88. The number of halogens is 1. The van der Waals surface area contributed by atoms with Crippen LogP contribution in [0.4, 0.5) is 0 Å². The molecule has 2 aromatic carbocycles. The lowest BCUT2D eigenvalue weighted by atomic mass is 9.87. The molecular formula is C25H29ClN2O5. The Morgan fingerprint density at radius 1 is 1.24 bits per heavy atom. The van der Waals surface area contributed by atoms with Crippen molar-refractivity contribution in [1.82, 2.24) is 10.2 Å². The fourth-order valence-corrected chi connectivity index (χ4v) is 4.86. The van der Waals surface area contributed by atoms with Gasteiger partial charge in [-0.15, -0.1) is 0 Å². The van der Waals surface area contributed by atoms with Crippen LogP contribution in [0.3, 0.4) is 0 Å². The Morgan fingerprint density at radius 2 is 2.03 bits per heavy atom. The van der Waals surface area contributed by atoms with Crippen LogP contribution in [0.5, 0.6) is 17.2 Å². The van der Waals surface area contributed by atoms with Gasteiger partial charge in [0, 0.05) is 56.0 Å². The van der Waals surface area contributed by atoms with Gasteiger partial charge >= 0.3 is 0 Å². The molecular weight excluding hydrogens is 444 g/mol. The number of phenolic OH excluding ortho intramolecular Hbond substituents is 1. The summed E-state index contributed by atoms with van der Waals surface area (Å²) in [5.41, 5.74) is 1.35. The fraction of sp³-hybridized carbons (Fsp3) is 0.480. The predicted octanol–water partition coefficient (Wildman–Crippen LogP) is 3.15. The Bertz CT molecular complexity index is 1030. The molecule has 1 spiro atoms. The average molecular weight is 473 g/mol. The number of hydrogen-bond acceptors (Lipinski definition) is 6. The normalized spacial score (nSPS) is 20.2. The maximum Gasteiger partial charge on any atom is 0.255 e. The highest BCUT2D eigenvalue weighted by Crippen LogP contribution is 2.42. The molecule has 2 aliphatic heterocycles. The summed E-state index contributed by atoms with van der Waals surface area (Å²) >= 11 is 6.13. The maximum absolute atomic E-state index is 12.4. The molecule has 1 atom stereocenters. The number of carbonyl (C=O) groups is 1. The number of nitrogens with zero attached hydrogens (tertiary/aromatic N) is 1. The second-order valence-corrected chi connectivity index (χ2v) is 9.84. The molecule has 1 amide bonds. The Hall–Kier alpha value is -2.48. The van der Waals surface area contributed by atoms with E-state index in [0.29, 0.717) is 12.1 Å². The van der Waals surface area contributed by atoms with Crippen LogP contribution in [-0.4, -0.2) is 65.0 Å². The minimum atomic E-state index is -0.721. The number of phenols is 1. The van der Waals surface area contributed by atoms with Crippen molar-refractivity contribution in [2.24, 2.45) is 0 Å². The number of β-amino-alcohol motifs (C(OH)–C–C–N with tert-alkyl or cyclic N) is 1. The van der Waals surface area contributed by atoms with Crippen LogP contribution in [-0.2, 0) is 6.42 Å². The first-order valence-electron chi connectivity index (χ1n) is 11.5. The van der Waals surface area contributed by atoms with Crippen LogP contribution in [0.2, 0.25) is 5.02 Å². The van der Waals surface area contributed by atoms with Gasteiger partial charge in [-0.05, 0) is 48.7 Å². The number of likely N-dealkylation sites (tertiary alicyclic amines) is 1. The standard InChI is InChI=1S/C25H29ClN2O5/c26-17-1-6-22-16(11-17)13-25(33-22)7-9-28(10-8-25)14-20(30)15-32-23-12-19(29)4-5-21(23)24(31)27-18-2-3-18/h1,4-6,11-12,18,20,29-30H,2-3,7-10,13-15H2,(H,27,31)/t20-/m1/s1. The second kappa shape index (κ2) is 9.05. The van der Waals surface area contributed by atoms with Crippen LogP contribution in [0.1, 0.15) is 41.6 Å². The third kappa shape index (κ3) is 5.21. The van der Waals surface area contributed by atoms with Crippen LogP contribution in [0.15, 0.2) is 36.4 Å². The number of benzene rings is 2. The third-order valence-electron chi connectivity index (χ3n) is 6.65. The number of amides is 1. The summed E-state index contributed by atoms with van der Waals surface area (Å²) < 4.78 is 12.1. The number of nitrogens with one attached hydrogen (secondary N) is 1. The third-order valence-corrected chi connectivity index (χ3v) is 6.89. The topological polar surface area (TPSA) is 91.3 Å². The number of carbonyl (C=O) groups excluding carboxylic acids is 1. The van der Waals surface area contributed by atoms with E-state index in [0.717, 1.165) is 61.5 Å². The molecule has 7 nitrogen and oxygen atoms in total. The Kier molecular flexibility index (Phi) is 6.12. The molecule has 5 rings (SSSR count). The largest absolute Gasteiger partial charge is 0.508 e. The van der Waals surface area contributed by atoms with E-state index in [1.54, 1.807) is 6.07 Å². The van der Waals surface area contributed by atoms with Crippen LogP contribution < -0.4 is 14.8 Å². The van der Waals surface area contributed by atoms with E-state index in [2.05, 4.69) is 10.2 Å². The minimum Gasteiger partial charge on any atom is -0.508 e. The number of ether oxygens (including phenoxy) is 2. The lowest BCUT2D eigenvalue weighted by Crippen LogP contribution is -2.49. The molecule has 176 valence electrons. The van der Waals surface area contributed by atoms with E-state index in [9.17, 15) is 15.0 Å². The van der Waals surface area contributed by atoms with Gasteiger partial charge in [-0.25, -0.2) is 0 Å². The fourth-order valence-electron chi connectivity index (χ4n) is 4.67. The van der Waals surface area contributed by atoms with Crippen LogP contribution >= 0.6 is 11.6 Å². The van der Waals surface area contributed by atoms with Crippen LogP contribution in [0, 0.1) is 0 Å². The average Bonchev–Trinajstić information content (AvgIpc) is 3.53. The Morgan fingerprint density at radius 3 is 2.79 bits per heavy atom. The molecule has 0 radical (unpaired) electrons. The molecule has 0 aromatic heterocycles. The minimum absolute atomic E-state index is 0.0163. The molecule has 1 aliphatic carbocycles. The predicted molar refractivity (Wildman–Crippen MR) is 124 cm³/mol. The van der Waals surface area contributed by atoms with Crippen LogP contribution in [0.25, 0.3) is 0 Å². The highest BCUT2D eigenvalue weighted by atomic mass is 35.5. The smallest absolute Gasteiger partial charge is 0.255 e. The molecule has 0 unspecified atom stereocenters. The van der Waals surface area contributed by atoms with E-state index >= 15 is 0 Å². The Labute approximate surface area is 198 Å². The molecule has 2 heterocycles. The van der Waals surface area contributed by atoms with Gasteiger partial charge in [0.2, 0.25) is 0 Å². The number of aliphatic hydroxyl groups excluding tert-OH is 1. The molecule has 3 aliphatic rings. The lowest BCUT2D eigenvalue weighted by molar-refractivity contribution is -0.00200. The highest BCUT2D eigenvalue weighted by Gasteiger charge is 2.42. The molecule has 0 bridgehead atoms. The number of aliphatic hydroxyl groups is 1. The maximum atomic E-state index is 12.4. The van der Waals surface area contributed by atoms with Crippen molar-refractivity contribution in [3.8, 4) is 17.2 Å². The summed E-state index contributed by atoms with van der Waals surface area (Å²) in [7, 11) is 0. The summed E-state index contributed by atoms with van der Waals surface area (Å²) in [6.45, 7) is 2.15. The monoisotopic (exact) mass is 472 g/mol. The van der Waals surface area contributed by atoms with E-state index in [-0.39, 0.29) is 35.7 Å². The van der Waals surface area contributed by atoms with Gasteiger partial charge in [-0.1, -0.05) is 11.6 Å². The van der Waals surface area contributed by atoms with Crippen molar-refractivity contribution in [3.05, 3.63) is 52.5 Å².